The van der Waals surface area contributed by atoms with Gasteiger partial charge in [0.25, 0.3) is 0 Å². The van der Waals surface area contributed by atoms with E-state index in [1.165, 1.54) is 6.07 Å². The third-order valence-corrected chi connectivity index (χ3v) is 14.5. The van der Waals surface area contributed by atoms with Gasteiger partial charge >= 0.3 is 6.18 Å². The van der Waals surface area contributed by atoms with Crippen LogP contribution < -0.4 is 0 Å². The highest BCUT2D eigenvalue weighted by Crippen LogP contribution is 2.47. The van der Waals surface area contributed by atoms with E-state index in [2.05, 4.69) is 219 Å². The highest BCUT2D eigenvalue weighted by atomic mass is 19.4. The summed E-state index contributed by atoms with van der Waals surface area (Å²) < 4.78 is 48.0. The fourth-order valence-electron chi connectivity index (χ4n) is 10.6. The lowest BCUT2D eigenvalue weighted by atomic mass is 9.93. The second-order valence-corrected chi connectivity index (χ2v) is 19.4. The van der Waals surface area contributed by atoms with Gasteiger partial charge in [0.15, 0.2) is 0 Å². The number of nitrogens with zero attached hydrogens (tertiary/aromatic N) is 4. The van der Waals surface area contributed by atoms with E-state index in [9.17, 15) is 23.7 Å². The van der Waals surface area contributed by atoms with Crippen molar-refractivity contribution in [1.82, 2.24) is 9.13 Å². The lowest BCUT2D eigenvalue weighted by Crippen LogP contribution is -2.08. The minimum absolute atomic E-state index is 0.153. The number of halogens is 3. The van der Waals surface area contributed by atoms with Crippen LogP contribution in [0.2, 0.25) is 0 Å². The van der Waals surface area contributed by atoms with Gasteiger partial charge in [-0.1, -0.05) is 150 Å². The Balaban J connectivity index is 1.21. The van der Waals surface area contributed by atoms with Crippen LogP contribution in [0.1, 0.15) is 38.9 Å². The molecule has 354 valence electrons. The molecule has 0 fully saturated rings. The normalized spacial score (nSPS) is 11.7. The standard InChI is InChI=1S/C67H45F3N4/c1-40-5-13-45(14-6-40)49-21-27-60-56(34-49)57-35-50(46-15-7-41(2)8-16-46)22-28-61(57)73(60)64-31-44(38-71)32-65(66(64)55-26-25-54(67(68,69)70)33-53(55)39-72)74-62-29-23-51(47-17-9-42(3)10-18-47)36-58(62)59-37-52(24-30-63(59)74)48-19-11-43(4)12-20-48/h5-37H,1-4H3. The van der Waals surface area contributed by atoms with Crippen LogP contribution in [0, 0.1) is 50.4 Å². The maximum absolute atomic E-state index is 14.6. The first-order valence-electron chi connectivity index (χ1n) is 24.5. The molecule has 12 rings (SSSR count). The molecule has 0 saturated heterocycles. The Morgan fingerprint density at radius 3 is 0.946 bits per heavy atom. The first-order chi connectivity index (χ1) is 35.8. The van der Waals surface area contributed by atoms with Crippen molar-refractivity contribution in [2.45, 2.75) is 33.9 Å². The molecule has 7 heteroatoms. The summed E-state index contributed by atoms with van der Waals surface area (Å²) >= 11 is 0. The molecule has 0 amide bonds. The fourth-order valence-corrected chi connectivity index (χ4v) is 10.6. The summed E-state index contributed by atoms with van der Waals surface area (Å²) in [6, 6.07) is 70.7. The largest absolute Gasteiger partial charge is 0.416 e. The van der Waals surface area contributed by atoms with Crippen molar-refractivity contribution in [3.63, 3.8) is 0 Å². The molecule has 0 aliphatic heterocycles. The Hall–Kier alpha value is -9.43. The molecule has 10 aromatic carbocycles. The first-order valence-corrected chi connectivity index (χ1v) is 24.5. The molecule has 4 nitrogen and oxygen atoms in total. The molecule has 0 aliphatic carbocycles. The number of benzene rings is 10. The van der Waals surface area contributed by atoms with Gasteiger partial charge in [-0.25, -0.2) is 0 Å². The molecule has 0 N–H and O–H groups in total. The topological polar surface area (TPSA) is 57.4 Å². The second-order valence-electron chi connectivity index (χ2n) is 19.4. The van der Waals surface area contributed by atoms with Gasteiger partial charge in [-0.3, -0.25) is 0 Å². The van der Waals surface area contributed by atoms with Gasteiger partial charge in [0.2, 0.25) is 0 Å². The quantitative estimate of drug-likeness (QED) is 0.160. The van der Waals surface area contributed by atoms with E-state index in [-0.39, 0.29) is 5.56 Å². The van der Waals surface area contributed by atoms with Crippen LogP contribution in [0.15, 0.2) is 200 Å². The predicted molar refractivity (Wildman–Crippen MR) is 296 cm³/mol. The molecule has 0 saturated carbocycles. The molecule has 0 bridgehead atoms. The van der Waals surface area contributed by atoms with Gasteiger partial charge in [0.1, 0.15) is 0 Å². The Labute approximate surface area is 426 Å². The molecular formula is C67H45F3N4. The van der Waals surface area contributed by atoms with E-state index in [0.717, 1.165) is 123 Å². The third kappa shape index (κ3) is 7.87. The van der Waals surface area contributed by atoms with Gasteiger partial charge in [-0.05, 0) is 145 Å². The minimum atomic E-state index is -4.70. The van der Waals surface area contributed by atoms with Crippen molar-refractivity contribution in [3.8, 4) is 79.1 Å². The van der Waals surface area contributed by atoms with Crippen LogP contribution in [0.25, 0.3) is 111 Å². The lowest BCUT2D eigenvalue weighted by Gasteiger charge is -2.22. The molecule has 12 aromatic rings. The van der Waals surface area contributed by atoms with Crippen molar-refractivity contribution in [3.05, 3.63) is 239 Å². The number of hydrogen-bond donors (Lipinski definition) is 0. The van der Waals surface area contributed by atoms with Crippen molar-refractivity contribution in [1.29, 1.82) is 10.5 Å². The molecule has 2 heterocycles. The number of alkyl halides is 3. The number of nitriles is 2. The second kappa shape index (κ2) is 17.7. The minimum Gasteiger partial charge on any atom is -0.308 e. The summed E-state index contributed by atoms with van der Waals surface area (Å²) in [5.41, 5.74) is 17.2. The number of aromatic nitrogens is 2. The van der Waals surface area contributed by atoms with Crippen LogP contribution in [0.4, 0.5) is 13.2 Å². The Kier molecular flexibility index (Phi) is 10.9. The molecular weight excluding hydrogens is 918 g/mol. The summed E-state index contributed by atoms with van der Waals surface area (Å²) in [5, 5.41) is 25.8. The van der Waals surface area contributed by atoms with Crippen molar-refractivity contribution >= 4 is 43.6 Å². The summed E-state index contributed by atoms with van der Waals surface area (Å²) in [4.78, 5) is 0. The Bertz CT molecular complexity index is 3870. The highest BCUT2D eigenvalue weighted by Gasteiger charge is 2.32. The first kappa shape index (κ1) is 45.7. The number of rotatable bonds is 7. The maximum atomic E-state index is 14.6. The van der Waals surface area contributed by atoms with Crippen molar-refractivity contribution in [2.75, 3.05) is 0 Å². The van der Waals surface area contributed by atoms with E-state index in [1.54, 1.807) is 12.1 Å². The molecule has 0 radical (unpaired) electrons. The number of aryl methyl sites for hydroxylation is 4. The van der Waals surface area contributed by atoms with Gasteiger partial charge in [-0.2, -0.15) is 23.7 Å². The zero-order valence-electron chi connectivity index (χ0n) is 41.0. The third-order valence-electron chi connectivity index (χ3n) is 14.5. The van der Waals surface area contributed by atoms with Gasteiger partial charge in [-0.15, -0.1) is 0 Å². The molecule has 0 unspecified atom stereocenters. The lowest BCUT2D eigenvalue weighted by molar-refractivity contribution is -0.137. The molecule has 2 aromatic heterocycles. The van der Waals surface area contributed by atoms with Crippen LogP contribution in [-0.2, 0) is 6.18 Å². The molecule has 0 aliphatic rings. The van der Waals surface area contributed by atoms with Gasteiger partial charge in [0, 0.05) is 32.7 Å². The van der Waals surface area contributed by atoms with E-state index in [1.807, 2.05) is 0 Å². The molecule has 74 heavy (non-hydrogen) atoms. The van der Waals surface area contributed by atoms with E-state index >= 15 is 0 Å². The van der Waals surface area contributed by atoms with Crippen LogP contribution in [0.3, 0.4) is 0 Å². The van der Waals surface area contributed by atoms with Crippen LogP contribution in [-0.4, -0.2) is 9.13 Å². The molecule has 0 atom stereocenters. The van der Waals surface area contributed by atoms with E-state index in [0.29, 0.717) is 28.1 Å². The van der Waals surface area contributed by atoms with Crippen molar-refractivity contribution < 1.29 is 13.2 Å². The van der Waals surface area contributed by atoms with E-state index < -0.39 is 11.7 Å². The summed E-state index contributed by atoms with van der Waals surface area (Å²) in [6.07, 6.45) is -4.70. The monoisotopic (exact) mass is 962 g/mol. The van der Waals surface area contributed by atoms with Crippen LogP contribution in [0.5, 0.6) is 0 Å². The van der Waals surface area contributed by atoms with E-state index in [4.69, 9.17) is 0 Å². The zero-order chi connectivity index (χ0) is 51.0. The predicted octanol–water partition coefficient (Wildman–Crippen LogP) is 18.2. The Morgan fingerprint density at radius 2 is 0.662 bits per heavy atom. The summed E-state index contributed by atoms with van der Waals surface area (Å²) in [7, 11) is 0. The smallest absolute Gasteiger partial charge is 0.308 e. The van der Waals surface area contributed by atoms with Gasteiger partial charge in [0.05, 0.1) is 62.3 Å². The summed E-state index contributed by atoms with van der Waals surface area (Å²) in [6.45, 7) is 8.25. The number of hydrogen-bond acceptors (Lipinski definition) is 2. The average molecular weight is 963 g/mol. The van der Waals surface area contributed by atoms with Crippen LogP contribution >= 0.6 is 0 Å². The van der Waals surface area contributed by atoms with Gasteiger partial charge < -0.3 is 9.13 Å². The SMILES string of the molecule is Cc1ccc(-c2ccc3c(c2)c2cc(-c4ccc(C)cc4)ccc2n3-c2cc(C#N)cc(-n3c4ccc(-c5ccc(C)cc5)cc4c4cc(-c5ccc(C)cc5)ccc43)c2-c2ccc(C(F)(F)F)cc2C#N)cc1. The average Bonchev–Trinajstić information content (AvgIpc) is 3.92. The zero-order valence-corrected chi connectivity index (χ0v) is 41.0. The Morgan fingerprint density at radius 1 is 0.351 bits per heavy atom. The summed E-state index contributed by atoms with van der Waals surface area (Å²) in [5.74, 6) is 0. The molecule has 0 spiro atoms. The highest BCUT2D eigenvalue weighted by molar-refractivity contribution is 6.14. The van der Waals surface area contributed by atoms with Crippen molar-refractivity contribution in [2.24, 2.45) is 0 Å². The number of fused-ring (bicyclic) bond motifs is 6. The maximum Gasteiger partial charge on any atom is 0.416 e. The fraction of sp³-hybridized carbons (Fsp3) is 0.0746.